The number of ether oxygens (including phenoxy) is 1. The van der Waals surface area contributed by atoms with Crippen LogP contribution in [0, 0.1) is 0 Å². The number of hydrogen-bond acceptors (Lipinski definition) is 3. The summed E-state index contributed by atoms with van der Waals surface area (Å²) in [5.41, 5.74) is 0. The van der Waals surface area contributed by atoms with E-state index in [1.54, 1.807) is 0 Å². The van der Waals surface area contributed by atoms with Crippen LogP contribution in [0.2, 0.25) is 0 Å². The second-order valence-corrected chi connectivity index (χ2v) is 6.92. The topological polar surface area (TPSA) is 49.7 Å². The fourth-order valence-electron chi connectivity index (χ4n) is 2.83. The molecule has 2 N–H and O–H groups in total. The van der Waals surface area contributed by atoms with Crippen LogP contribution in [0.3, 0.4) is 0 Å². The Morgan fingerprint density at radius 2 is 1.09 bits per heavy atom. The Balaban J connectivity index is 3.08. The van der Waals surface area contributed by atoms with E-state index < -0.39 is 6.10 Å². The van der Waals surface area contributed by atoms with E-state index in [-0.39, 0.29) is 12.7 Å². The molecule has 0 amide bonds. The molecule has 0 aliphatic carbocycles. The van der Waals surface area contributed by atoms with E-state index in [1.807, 2.05) is 6.92 Å². The molecule has 0 heterocycles. The van der Waals surface area contributed by atoms with E-state index in [1.165, 1.54) is 83.5 Å². The number of aliphatic hydroxyl groups excluding tert-OH is 2. The predicted molar refractivity (Wildman–Crippen MR) is 98.8 cm³/mol. The maximum atomic E-state index is 9.37. The summed E-state index contributed by atoms with van der Waals surface area (Å²) in [5, 5.41) is 18.2. The van der Waals surface area contributed by atoms with Gasteiger partial charge >= 0.3 is 0 Å². The summed E-state index contributed by atoms with van der Waals surface area (Å²) in [7, 11) is 0. The van der Waals surface area contributed by atoms with Crippen molar-refractivity contribution in [3.63, 3.8) is 0 Å². The van der Waals surface area contributed by atoms with Crippen LogP contribution in [0.4, 0.5) is 0 Å². The highest BCUT2D eigenvalue weighted by atomic mass is 16.5. The van der Waals surface area contributed by atoms with Crippen LogP contribution >= 0.6 is 0 Å². The summed E-state index contributed by atoms with van der Waals surface area (Å²) in [6.07, 6.45) is 18.0. The molecule has 0 aromatic heterocycles. The first-order valence-electron chi connectivity index (χ1n) is 10.1. The van der Waals surface area contributed by atoms with Crippen LogP contribution in [0.15, 0.2) is 0 Å². The van der Waals surface area contributed by atoms with Gasteiger partial charge in [-0.3, -0.25) is 0 Å². The lowest BCUT2D eigenvalue weighted by Gasteiger charge is -2.17. The van der Waals surface area contributed by atoms with E-state index >= 15 is 0 Å². The molecule has 140 valence electrons. The minimum Gasteiger partial charge on any atom is -0.394 e. The van der Waals surface area contributed by atoms with Gasteiger partial charge in [0.1, 0.15) is 6.10 Å². The number of hydrogen-bond donors (Lipinski definition) is 2. The standard InChI is InChI=1S/C20H42O3/c1-3-4-5-6-7-8-9-10-11-12-13-14-15-16-17-23-19(2)20(22)18-21/h19-22H,3-18H2,1-2H3/t19-,20+/m1/s1. The molecule has 0 radical (unpaired) electrons. The Kier molecular flexibility index (Phi) is 18.1. The lowest BCUT2D eigenvalue weighted by atomic mass is 10.0. The number of unbranched alkanes of at least 4 members (excludes halogenated alkanes) is 13. The van der Waals surface area contributed by atoms with Gasteiger partial charge < -0.3 is 14.9 Å². The van der Waals surface area contributed by atoms with Gasteiger partial charge in [0.15, 0.2) is 0 Å². The SMILES string of the molecule is CCCCCCCCCCCCCCCCO[C@H](C)[C@@H](O)CO. The molecular weight excluding hydrogens is 288 g/mol. The summed E-state index contributed by atoms with van der Waals surface area (Å²) >= 11 is 0. The van der Waals surface area contributed by atoms with E-state index in [0.717, 1.165) is 6.42 Å². The maximum absolute atomic E-state index is 9.37. The van der Waals surface area contributed by atoms with Crippen LogP contribution in [0.25, 0.3) is 0 Å². The Bertz CT molecular complexity index is 221. The van der Waals surface area contributed by atoms with Crippen molar-refractivity contribution in [2.45, 2.75) is 116 Å². The van der Waals surface area contributed by atoms with Crippen molar-refractivity contribution in [1.82, 2.24) is 0 Å². The van der Waals surface area contributed by atoms with E-state index in [4.69, 9.17) is 9.84 Å². The zero-order valence-corrected chi connectivity index (χ0v) is 15.8. The van der Waals surface area contributed by atoms with Crippen molar-refractivity contribution in [1.29, 1.82) is 0 Å². The van der Waals surface area contributed by atoms with Gasteiger partial charge in [-0.1, -0.05) is 90.4 Å². The lowest BCUT2D eigenvalue weighted by Crippen LogP contribution is -2.29. The average Bonchev–Trinajstić information content (AvgIpc) is 2.57. The number of aliphatic hydroxyl groups is 2. The zero-order chi connectivity index (χ0) is 17.2. The summed E-state index contributed by atoms with van der Waals surface area (Å²) in [4.78, 5) is 0. The van der Waals surface area contributed by atoms with Gasteiger partial charge in [0.2, 0.25) is 0 Å². The first-order chi connectivity index (χ1) is 11.2. The first-order valence-corrected chi connectivity index (χ1v) is 10.1. The minimum atomic E-state index is -0.748. The molecule has 3 heteroatoms. The molecule has 2 atom stereocenters. The fraction of sp³-hybridized carbons (Fsp3) is 1.00. The molecule has 0 unspecified atom stereocenters. The van der Waals surface area contributed by atoms with E-state index in [0.29, 0.717) is 6.61 Å². The highest BCUT2D eigenvalue weighted by Crippen LogP contribution is 2.13. The van der Waals surface area contributed by atoms with Gasteiger partial charge in [0.25, 0.3) is 0 Å². The molecule has 0 saturated carbocycles. The van der Waals surface area contributed by atoms with Crippen LogP contribution in [0.1, 0.15) is 104 Å². The second kappa shape index (κ2) is 18.2. The van der Waals surface area contributed by atoms with E-state index in [9.17, 15) is 5.11 Å². The highest BCUT2D eigenvalue weighted by Gasteiger charge is 2.12. The van der Waals surface area contributed by atoms with Gasteiger partial charge in [0.05, 0.1) is 12.7 Å². The quantitative estimate of drug-likeness (QED) is 0.338. The Labute approximate surface area is 144 Å². The van der Waals surface area contributed by atoms with Crippen LogP contribution in [0.5, 0.6) is 0 Å². The monoisotopic (exact) mass is 330 g/mol. The predicted octanol–water partition coefficient (Wildman–Crippen LogP) is 5.23. The molecule has 0 spiro atoms. The summed E-state index contributed by atoms with van der Waals surface area (Å²) in [6.45, 7) is 4.55. The van der Waals surface area contributed by atoms with Crippen molar-refractivity contribution in [3.8, 4) is 0 Å². The molecule has 0 aliphatic heterocycles. The normalized spacial score (nSPS) is 14.1. The van der Waals surface area contributed by atoms with Gasteiger partial charge in [0, 0.05) is 6.61 Å². The van der Waals surface area contributed by atoms with Crippen LogP contribution in [-0.2, 0) is 4.74 Å². The summed E-state index contributed by atoms with van der Waals surface area (Å²) in [6, 6.07) is 0. The molecule has 3 nitrogen and oxygen atoms in total. The zero-order valence-electron chi connectivity index (χ0n) is 15.8. The maximum Gasteiger partial charge on any atom is 0.103 e. The lowest BCUT2D eigenvalue weighted by molar-refractivity contribution is -0.0490. The van der Waals surface area contributed by atoms with Crippen LogP contribution < -0.4 is 0 Å². The molecule has 0 rings (SSSR count). The fourth-order valence-corrected chi connectivity index (χ4v) is 2.83. The third kappa shape index (κ3) is 16.5. The third-order valence-electron chi connectivity index (χ3n) is 4.61. The van der Waals surface area contributed by atoms with E-state index in [2.05, 4.69) is 6.92 Å². The molecule has 0 aromatic rings. The van der Waals surface area contributed by atoms with Crippen molar-refractivity contribution in [3.05, 3.63) is 0 Å². The molecule has 0 aliphatic rings. The smallest absolute Gasteiger partial charge is 0.103 e. The van der Waals surface area contributed by atoms with Crippen molar-refractivity contribution in [2.75, 3.05) is 13.2 Å². The van der Waals surface area contributed by atoms with Gasteiger partial charge in [-0.05, 0) is 13.3 Å². The highest BCUT2D eigenvalue weighted by molar-refractivity contribution is 4.61. The average molecular weight is 331 g/mol. The largest absolute Gasteiger partial charge is 0.394 e. The summed E-state index contributed by atoms with van der Waals surface area (Å²) < 4.78 is 5.49. The Morgan fingerprint density at radius 3 is 1.48 bits per heavy atom. The summed E-state index contributed by atoms with van der Waals surface area (Å²) in [5.74, 6) is 0. The third-order valence-corrected chi connectivity index (χ3v) is 4.61. The minimum absolute atomic E-state index is 0.222. The molecule has 0 bridgehead atoms. The molecular formula is C20H42O3. The molecule has 23 heavy (non-hydrogen) atoms. The Morgan fingerprint density at radius 1 is 0.696 bits per heavy atom. The van der Waals surface area contributed by atoms with Crippen molar-refractivity contribution >= 4 is 0 Å². The molecule has 0 aromatic carbocycles. The van der Waals surface area contributed by atoms with Gasteiger partial charge in [-0.15, -0.1) is 0 Å². The van der Waals surface area contributed by atoms with Gasteiger partial charge in [-0.2, -0.15) is 0 Å². The van der Waals surface area contributed by atoms with Crippen LogP contribution in [-0.4, -0.2) is 35.6 Å². The molecule has 0 saturated heterocycles. The second-order valence-electron chi connectivity index (χ2n) is 6.92. The van der Waals surface area contributed by atoms with Crippen molar-refractivity contribution in [2.24, 2.45) is 0 Å². The Hall–Kier alpha value is -0.120. The number of rotatable bonds is 18. The van der Waals surface area contributed by atoms with Gasteiger partial charge in [-0.25, -0.2) is 0 Å². The molecule has 0 fully saturated rings. The van der Waals surface area contributed by atoms with Crippen molar-refractivity contribution < 1.29 is 14.9 Å². The first kappa shape index (κ1) is 22.9.